The molecule has 1 aromatic rings. The Morgan fingerprint density at radius 3 is 2.75 bits per heavy atom. The molecule has 0 amide bonds. The van der Waals surface area contributed by atoms with Gasteiger partial charge in [0.1, 0.15) is 12.4 Å². The highest BCUT2D eigenvalue weighted by Crippen LogP contribution is 2.20. The van der Waals surface area contributed by atoms with Gasteiger partial charge in [0.25, 0.3) is 0 Å². The molecule has 0 aliphatic carbocycles. The van der Waals surface area contributed by atoms with Crippen molar-refractivity contribution >= 4 is 0 Å². The van der Waals surface area contributed by atoms with Crippen LogP contribution in [0.25, 0.3) is 0 Å². The van der Waals surface area contributed by atoms with E-state index in [0.29, 0.717) is 6.61 Å². The molecule has 0 aromatic heterocycles. The lowest BCUT2D eigenvalue weighted by atomic mass is 10.1. The van der Waals surface area contributed by atoms with Gasteiger partial charge in [-0.05, 0) is 37.6 Å². The van der Waals surface area contributed by atoms with Gasteiger partial charge >= 0.3 is 0 Å². The molecule has 0 saturated heterocycles. The summed E-state index contributed by atoms with van der Waals surface area (Å²) in [6, 6.07) is 6.02. The predicted octanol–water partition coefficient (Wildman–Crippen LogP) is 1.65. The average Bonchev–Trinajstić information content (AvgIpc) is 2.29. The molecule has 90 valence electrons. The van der Waals surface area contributed by atoms with E-state index in [1.807, 2.05) is 26.0 Å². The van der Waals surface area contributed by atoms with Crippen molar-refractivity contribution in [2.45, 2.75) is 26.8 Å². The summed E-state index contributed by atoms with van der Waals surface area (Å²) in [5.74, 6) is 0.899. The quantitative estimate of drug-likeness (QED) is 0.770. The fourth-order valence-electron chi connectivity index (χ4n) is 1.54. The highest BCUT2D eigenvalue weighted by atomic mass is 16.5. The van der Waals surface area contributed by atoms with Crippen LogP contribution in [0.2, 0.25) is 0 Å². The standard InChI is InChI=1S/C13H21NO2/c1-4-14-12(8-15)9-16-13-7-5-6-10(2)11(13)3/h5-7,12,14-15H,4,8-9H2,1-3H3. The smallest absolute Gasteiger partial charge is 0.122 e. The Hall–Kier alpha value is -1.06. The summed E-state index contributed by atoms with van der Waals surface area (Å²) in [5, 5.41) is 12.3. The zero-order valence-electron chi connectivity index (χ0n) is 10.3. The lowest BCUT2D eigenvalue weighted by molar-refractivity contribution is 0.184. The number of rotatable bonds is 6. The first-order valence-corrected chi connectivity index (χ1v) is 5.72. The first kappa shape index (κ1) is 13.0. The Morgan fingerprint density at radius 2 is 2.12 bits per heavy atom. The molecule has 16 heavy (non-hydrogen) atoms. The van der Waals surface area contributed by atoms with Gasteiger partial charge < -0.3 is 15.2 Å². The summed E-state index contributed by atoms with van der Waals surface area (Å²) in [6.07, 6.45) is 0. The number of ether oxygens (including phenoxy) is 1. The molecule has 0 fully saturated rings. The van der Waals surface area contributed by atoms with Crippen LogP contribution in [0.3, 0.4) is 0 Å². The van der Waals surface area contributed by atoms with Crippen molar-refractivity contribution in [3.8, 4) is 5.75 Å². The van der Waals surface area contributed by atoms with Crippen LogP contribution in [-0.4, -0.2) is 30.9 Å². The molecular weight excluding hydrogens is 202 g/mol. The minimum atomic E-state index is 0.00455. The first-order chi connectivity index (χ1) is 7.69. The molecule has 1 atom stereocenters. The van der Waals surface area contributed by atoms with E-state index in [0.717, 1.165) is 17.9 Å². The van der Waals surface area contributed by atoms with Gasteiger partial charge in [-0.1, -0.05) is 19.1 Å². The van der Waals surface area contributed by atoms with Crippen molar-refractivity contribution in [3.63, 3.8) is 0 Å². The van der Waals surface area contributed by atoms with Gasteiger partial charge in [-0.3, -0.25) is 0 Å². The highest BCUT2D eigenvalue weighted by molar-refractivity contribution is 5.38. The van der Waals surface area contributed by atoms with E-state index in [-0.39, 0.29) is 12.6 Å². The lowest BCUT2D eigenvalue weighted by Gasteiger charge is -2.17. The molecule has 0 saturated carbocycles. The molecule has 0 radical (unpaired) electrons. The summed E-state index contributed by atoms with van der Waals surface area (Å²) in [4.78, 5) is 0. The van der Waals surface area contributed by atoms with Crippen LogP contribution >= 0.6 is 0 Å². The third-order valence-electron chi connectivity index (χ3n) is 2.71. The van der Waals surface area contributed by atoms with Crippen molar-refractivity contribution in [2.75, 3.05) is 19.8 Å². The van der Waals surface area contributed by atoms with E-state index in [1.165, 1.54) is 5.56 Å². The molecular formula is C13H21NO2. The molecule has 2 N–H and O–H groups in total. The maximum atomic E-state index is 9.12. The van der Waals surface area contributed by atoms with Gasteiger partial charge in [0, 0.05) is 0 Å². The minimum absolute atomic E-state index is 0.00455. The molecule has 0 spiro atoms. The average molecular weight is 223 g/mol. The van der Waals surface area contributed by atoms with E-state index in [9.17, 15) is 0 Å². The van der Waals surface area contributed by atoms with Crippen molar-refractivity contribution in [2.24, 2.45) is 0 Å². The summed E-state index contributed by atoms with van der Waals surface area (Å²) >= 11 is 0. The second-order valence-electron chi connectivity index (χ2n) is 3.95. The Bertz CT molecular complexity index is 326. The van der Waals surface area contributed by atoms with Crippen LogP contribution in [0.1, 0.15) is 18.1 Å². The van der Waals surface area contributed by atoms with Crippen LogP contribution in [-0.2, 0) is 0 Å². The molecule has 1 aromatic carbocycles. The summed E-state index contributed by atoms with van der Waals surface area (Å²) in [7, 11) is 0. The van der Waals surface area contributed by atoms with Crippen LogP contribution in [0.15, 0.2) is 18.2 Å². The second kappa shape index (κ2) is 6.51. The molecule has 1 unspecified atom stereocenters. The molecule has 0 bridgehead atoms. The molecule has 0 aliphatic rings. The van der Waals surface area contributed by atoms with Gasteiger partial charge in [0.2, 0.25) is 0 Å². The van der Waals surface area contributed by atoms with Crippen molar-refractivity contribution in [1.29, 1.82) is 0 Å². The van der Waals surface area contributed by atoms with Crippen LogP contribution in [0, 0.1) is 13.8 Å². The fourth-order valence-corrected chi connectivity index (χ4v) is 1.54. The number of aliphatic hydroxyl groups excluding tert-OH is 1. The van der Waals surface area contributed by atoms with Crippen molar-refractivity contribution in [3.05, 3.63) is 29.3 Å². The van der Waals surface area contributed by atoms with Gasteiger partial charge in [0.05, 0.1) is 12.6 Å². The second-order valence-corrected chi connectivity index (χ2v) is 3.95. The number of hydrogen-bond acceptors (Lipinski definition) is 3. The third kappa shape index (κ3) is 3.51. The van der Waals surface area contributed by atoms with E-state index in [1.54, 1.807) is 0 Å². The number of likely N-dealkylation sites (N-methyl/N-ethyl adjacent to an activating group) is 1. The van der Waals surface area contributed by atoms with Gasteiger partial charge in [-0.2, -0.15) is 0 Å². The SMILES string of the molecule is CCNC(CO)COc1cccc(C)c1C. The number of hydrogen-bond donors (Lipinski definition) is 2. The predicted molar refractivity (Wildman–Crippen MR) is 66.0 cm³/mol. The largest absolute Gasteiger partial charge is 0.492 e. The number of aliphatic hydroxyl groups is 1. The molecule has 1 rings (SSSR count). The Balaban J connectivity index is 2.56. The van der Waals surface area contributed by atoms with Gasteiger partial charge in [-0.25, -0.2) is 0 Å². The number of nitrogens with one attached hydrogen (secondary N) is 1. The Kier molecular flexibility index (Phi) is 5.29. The Labute approximate surface area is 97.4 Å². The highest BCUT2D eigenvalue weighted by Gasteiger charge is 2.08. The molecule has 3 nitrogen and oxygen atoms in total. The zero-order valence-corrected chi connectivity index (χ0v) is 10.3. The molecule has 3 heteroatoms. The summed E-state index contributed by atoms with van der Waals surface area (Å²) < 4.78 is 5.70. The fraction of sp³-hybridized carbons (Fsp3) is 0.538. The van der Waals surface area contributed by atoms with Gasteiger partial charge in [-0.15, -0.1) is 0 Å². The molecule has 0 heterocycles. The maximum absolute atomic E-state index is 9.12. The van der Waals surface area contributed by atoms with Crippen LogP contribution in [0.5, 0.6) is 5.75 Å². The molecule has 0 aliphatic heterocycles. The first-order valence-electron chi connectivity index (χ1n) is 5.72. The summed E-state index contributed by atoms with van der Waals surface area (Å²) in [5.41, 5.74) is 2.39. The third-order valence-corrected chi connectivity index (χ3v) is 2.71. The van der Waals surface area contributed by atoms with Gasteiger partial charge in [0.15, 0.2) is 0 Å². The monoisotopic (exact) mass is 223 g/mol. The maximum Gasteiger partial charge on any atom is 0.122 e. The number of benzene rings is 1. The number of aryl methyl sites for hydroxylation is 1. The van der Waals surface area contributed by atoms with E-state index in [4.69, 9.17) is 9.84 Å². The van der Waals surface area contributed by atoms with E-state index < -0.39 is 0 Å². The van der Waals surface area contributed by atoms with Crippen LogP contribution < -0.4 is 10.1 Å². The topological polar surface area (TPSA) is 41.5 Å². The van der Waals surface area contributed by atoms with E-state index >= 15 is 0 Å². The van der Waals surface area contributed by atoms with Crippen molar-refractivity contribution in [1.82, 2.24) is 5.32 Å². The van der Waals surface area contributed by atoms with Crippen LogP contribution in [0.4, 0.5) is 0 Å². The van der Waals surface area contributed by atoms with E-state index in [2.05, 4.69) is 18.3 Å². The summed E-state index contributed by atoms with van der Waals surface area (Å²) in [6.45, 7) is 7.55. The minimum Gasteiger partial charge on any atom is -0.492 e. The van der Waals surface area contributed by atoms with Crippen molar-refractivity contribution < 1.29 is 9.84 Å². The zero-order chi connectivity index (χ0) is 12.0. The lowest BCUT2D eigenvalue weighted by Crippen LogP contribution is -2.37. The normalized spacial score (nSPS) is 12.5. The Morgan fingerprint density at radius 1 is 1.38 bits per heavy atom.